The lowest BCUT2D eigenvalue weighted by molar-refractivity contribution is 0.0253. The molecule has 178 valence electrons. The SMILES string of the molecule is CCCN(CCNC(=NC)NC1CCN(Cc2ccsc2)CC1)C(=O)OC(C)(C)C.I. The van der Waals surface area contributed by atoms with Crippen LogP contribution in [-0.4, -0.2) is 73.3 Å². The molecule has 9 heteroatoms. The Kier molecular flexibility index (Phi) is 12.8. The lowest BCUT2D eigenvalue weighted by Crippen LogP contribution is -2.50. The Morgan fingerprint density at radius 2 is 2.03 bits per heavy atom. The van der Waals surface area contributed by atoms with Crippen LogP contribution in [0.3, 0.4) is 0 Å². The Labute approximate surface area is 209 Å². The molecule has 2 heterocycles. The molecule has 1 amide bonds. The van der Waals surface area contributed by atoms with Crippen LogP contribution in [0, 0.1) is 0 Å². The summed E-state index contributed by atoms with van der Waals surface area (Å²) in [4.78, 5) is 21.0. The van der Waals surface area contributed by atoms with E-state index in [1.807, 2.05) is 20.8 Å². The highest BCUT2D eigenvalue weighted by molar-refractivity contribution is 14.0. The lowest BCUT2D eigenvalue weighted by Gasteiger charge is -2.33. The second kappa shape index (κ2) is 14.2. The number of nitrogens with one attached hydrogen (secondary N) is 2. The predicted octanol–water partition coefficient (Wildman–Crippen LogP) is 4.14. The van der Waals surface area contributed by atoms with Gasteiger partial charge in [-0.05, 0) is 62.4 Å². The zero-order chi connectivity index (χ0) is 22.0. The molecule has 2 rings (SSSR count). The van der Waals surface area contributed by atoms with Gasteiger partial charge in [0.25, 0.3) is 0 Å². The molecule has 1 aliphatic heterocycles. The fourth-order valence-corrected chi connectivity index (χ4v) is 4.12. The summed E-state index contributed by atoms with van der Waals surface area (Å²) in [6.07, 6.45) is 2.85. The molecular formula is C22H40IN5O2S. The van der Waals surface area contributed by atoms with Gasteiger partial charge in [-0.1, -0.05) is 6.92 Å². The summed E-state index contributed by atoms with van der Waals surface area (Å²) in [6, 6.07) is 2.63. The van der Waals surface area contributed by atoms with Gasteiger partial charge < -0.3 is 20.3 Å². The Morgan fingerprint density at radius 3 is 2.58 bits per heavy atom. The van der Waals surface area contributed by atoms with Crippen molar-refractivity contribution in [1.29, 1.82) is 0 Å². The number of nitrogens with zero attached hydrogens (tertiary/aromatic N) is 3. The van der Waals surface area contributed by atoms with E-state index in [0.29, 0.717) is 25.7 Å². The summed E-state index contributed by atoms with van der Waals surface area (Å²) in [5.41, 5.74) is 0.928. The van der Waals surface area contributed by atoms with Gasteiger partial charge in [-0.2, -0.15) is 11.3 Å². The van der Waals surface area contributed by atoms with Gasteiger partial charge in [0.2, 0.25) is 0 Å². The van der Waals surface area contributed by atoms with E-state index in [4.69, 9.17) is 4.74 Å². The lowest BCUT2D eigenvalue weighted by atomic mass is 10.0. The fraction of sp³-hybridized carbons (Fsp3) is 0.727. The summed E-state index contributed by atoms with van der Waals surface area (Å²) < 4.78 is 5.51. The summed E-state index contributed by atoms with van der Waals surface area (Å²) in [7, 11) is 1.79. The Hall–Kier alpha value is -1.07. The quantitative estimate of drug-likeness (QED) is 0.282. The molecule has 0 aromatic carbocycles. The first kappa shape index (κ1) is 28.0. The molecule has 1 aliphatic rings. The van der Waals surface area contributed by atoms with E-state index in [1.165, 1.54) is 5.56 Å². The molecule has 1 aromatic heterocycles. The maximum Gasteiger partial charge on any atom is 0.410 e. The van der Waals surface area contributed by atoms with Crippen molar-refractivity contribution in [1.82, 2.24) is 20.4 Å². The van der Waals surface area contributed by atoms with Crippen LogP contribution < -0.4 is 10.6 Å². The van der Waals surface area contributed by atoms with E-state index in [0.717, 1.165) is 44.9 Å². The molecule has 2 N–H and O–H groups in total. The third-order valence-electron chi connectivity index (χ3n) is 4.96. The normalized spacial score (nSPS) is 15.8. The van der Waals surface area contributed by atoms with Crippen LogP contribution in [0.1, 0.15) is 52.5 Å². The summed E-state index contributed by atoms with van der Waals surface area (Å²) in [5, 5.41) is 11.3. The summed E-state index contributed by atoms with van der Waals surface area (Å²) in [5.74, 6) is 0.798. The highest BCUT2D eigenvalue weighted by Crippen LogP contribution is 2.15. The average molecular weight is 566 g/mol. The number of halogens is 1. The number of carbonyl (C=O) groups excluding carboxylic acids is 1. The minimum atomic E-state index is -0.480. The van der Waals surface area contributed by atoms with Gasteiger partial charge in [-0.25, -0.2) is 4.79 Å². The zero-order valence-electron chi connectivity index (χ0n) is 19.6. The number of aliphatic imine (C=N–C) groups is 1. The van der Waals surface area contributed by atoms with E-state index in [1.54, 1.807) is 23.3 Å². The molecule has 7 nitrogen and oxygen atoms in total. The Balaban J connectivity index is 0.00000480. The highest BCUT2D eigenvalue weighted by atomic mass is 127. The molecule has 0 atom stereocenters. The molecular weight excluding hydrogens is 525 g/mol. The number of ether oxygens (including phenoxy) is 1. The number of guanidine groups is 1. The van der Waals surface area contributed by atoms with E-state index in [-0.39, 0.29) is 30.1 Å². The van der Waals surface area contributed by atoms with Crippen LogP contribution in [-0.2, 0) is 11.3 Å². The minimum absolute atomic E-state index is 0. The van der Waals surface area contributed by atoms with Crippen molar-refractivity contribution < 1.29 is 9.53 Å². The predicted molar refractivity (Wildman–Crippen MR) is 141 cm³/mol. The zero-order valence-corrected chi connectivity index (χ0v) is 22.8. The van der Waals surface area contributed by atoms with Crippen LogP contribution in [0.25, 0.3) is 0 Å². The van der Waals surface area contributed by atoms with Crippen molar-refractivity contribution >= 4 is 47.4 Å². The van der Waals surface area contributed by atoms with Gasteiger partial charge in [0, 0.05) is 52.4 Å². The van der Waals surface area contributed by atoms with Crippen LogP contribution in [0.15, 0.2) is 21.8 Å². The smallest absolute Gasteiger partial charge is 0.410 e. The van der Waals surface area contributed by atoms with Gasteiger partial charge >= 0.3 is 6.09 Å². The first-order valence-corrected chi connectivity index (χ1v) is 11.9. The molecule has 1 aromatic rings. The van der Waals surface area contributed by atoms with Gasteiger partial charge in [0.15, 0.2) is 5.96 Å². The first-order chi connectivity index (χ1) is 14.3. The molecule has 0 radical (unpaired) electrons. The summed E-state index contributed by atoms with van der Waals surface area (Å²) >= 11 is 1.76. The van der Waals surface area contributed by atoms with Crippen LogP contribution in [0.2, 0.25) is 0 Å². The number of carbonyl (C=O) groups is 1. The topological polar surface area (TPSA) is 69.2 Å². The average Bonchev–Trinajstić information content (AvgIpc) is 3.19. The molecule has 1 saturated heterocycles. The second-order valence-corrected chi connectivity index (χ2v) is 9.57. The second-order valence-electron chi connectivity index (χ2n) is 8.79. The van der Waals surface area contributed by atoms with Crippen molar-refractivity contribution in [3.05, 3.63) is 22.4 Å². The van der Waals surface area contributed by atoms with Crippen molar-refractivity contribution in [2.75, 3.05) is 39.8 Å². The van der Waals surface area contributed by atoms with Crippen molar-refractivity contribution in [3.8, 4) is 0 Å². The van der Waals surface area contributed by atoms with E-state index < -0.39 is 5.60 Å². The van der Waals surface area contributed by atoms with E-state index in [9.17, 15) is 4.79 Å². The number of hydrogen-bond donors (Lipinski definition) is 2. The fourth-order valence-electron chi connectivity index (χ4n) is 3.46. The largest absolute Gasteiger partial charge is 0.444 e. The van der Waals surface area contributed by atoms with Crippen molar-refractivity contribution in [2.24, 2.45) is 4.99 Å². The monoisotopic (exact) mass is 565 g/mol. The Morgan fingerprint density at radius 1 is 1.32 bits per heavy atom. The summed E-state index contributed by atoms with van der Waals surface area (Å²) in [6.45, 7) is 12.9. The molecule has 0 bridgehead atoms. The minimum Gasteiger partial charge on any atom is -0.444 e. The molecule has 0 spiro atoms. The number of thiophene rings is 1. The first-order valence-electron chi connectivity index (χ1n) is 11.0. The standard InChI is InChI=1S/C22H39N5O2S.HI/c1-6-11-27(21(28)29-22(2,3)4)14-10-24-20(23-5)25-19-7-12-26(13-8-19)16-18-9-15-30-17-18;/h9,15,17,19H,6-8,10-14,16H2,1-5H3,(H2,23,24,25);1H. The molecule has 31 heavy (non-hydrogen) atoms. The van der Waals surface area contributed by atoms with Crippen LogP contribution in [0.4, 0.5) is 4.79 Å². The third kappa shape index (κ3) is 10.9. The highest BCUT2D eigenvalue weighted by Gasteiger charge is 2.22. The molecule has 0 aliphatic carbocycles. The molecule has 1 fully saturated rings. The van der Waals surface area contributed by atoms with Gasteiger partial charge in [0.1, 0.15) is 5.60 Å². The van der Waals surface area contributed by atoms with E-state index in [2.05, 4.69) is 44.3 Å². The maximum atomic E-state index is 12.4. The molecule has 0 unspecified atom stereocenters. The van der Waals surface area contributed by atoms with Crippen molar-refractivity contribution in [2.45, 2.75) is 65.1 Å². The van der Waals surface area contributed by atoms with E-state index >= 15 is 0 Å². The van der Waals surface area contributed by atoms with Crippen LogP contribution >= 0.6 is 35.3 Å². The molecule has 0 saturated carbocycles. The number of rotatable bonds is 8. The number of likely N-dealkylation sites (tertiary alicyclic amines) is 1. The number of hydrogen-bond acceptors (Lipinski definition) is 5. The van der Waals surface area contributed by atoms with Crippen molar-refractivity contribution in [3.63, 3.8) is 0 Å². The van der Waals surface area contributed by atoms with Gasteiger partial charge in [0.05, 0.1) is 0 Å². The van der Waals surface area contributed by atoms with Gasteiger partial charge in [-0.15, -0.1) is 24.0 Å². The third-order valence-corrected chi connectivity index (χ3v) is 5.69. The number of piperidine rings is 1. The van der Waals surface area contributed by atoms with Crippen LogP contribution in [0.5, 0.6) is 0 Å². The Bertz CT molecular complexity index is 655. The number of amides is 1. The van der Waals surface area contributed by atoms with Gasteiger partial charge in [-0.3, -0.25) is 9.89 Å². The maximum absolute atomic E-state index is 12.4.